The Morgan fingerprint density at radius 1 is 1.53 bits per heavy atom. The van der Waals surface area contributed by atoms with Crippen molar-refractivity contribution in [2.75, 3.05) is 0 Å². The maximum absolute atomic E-state index is 11.8. The molecule has 0 radical (unpaired) electrons. The van der Waals surface area contributed by atoms with E-state index in [4.69, 9.17) is 5.26 Å². The van der Waals surface area contributed by atoms with Gasteiger partial charge in [-0.05, 0) is 15.9 Å². The summed E-state index contributed by atoms with van der Waals surface area (Å²) in [6, 6.07) is 2.29. The predicted octanol–water partition coefficient (Wildman–Crippen LogP) is 1.91. The summed E-state index contributed by atoms with van der Waals surface area (Å²) in [5, 5.41) is 8.41. The number of ether oxygens (including phenoxy) is 1. The first-order valence-electron chi connectivity index (χ1n) is 3.42. The molecule has 0 atom stereocenters. The van der Waals surface area contributed by atoms with Crippen LogP contribution in [0.15, 0.2) is 15.5 Å². The number of aromatic nitrogens is 1. The Labute approximate surface area is 89.4 Å². The van der Waals surface area contributed by atoms with Crippen LogP contribution in [0.1, 0.15) is 5.69 Å². The van der Waals surface area contributed by atoms with Crippen LogP contribution in [0.25, 0.3) is 0 Å². The number of nitriles is 1. The average Bonchev–Trinajstić information content (AvgIpc) is 2.09. The lowest BCUT2D eigenvalue weighted by Gasteiger charge is -2.09. The number of halogens is 4. The third-order valence-electron chi connectivity index (χ3n) is 1.28. The minimum Gasteiger partial charge on any atom is -0.399 e. The summed E-state index contributed by atoms with van der Waals surface area (Å²) in [4.78, 5) is 13.3. The fraction of sp³-hybridized carbons (Fsp3) is 0.143. The zero-order valence-electron chi connectivity index (χ0n) is 6.85. The molecule has 0 amide bonds. The van der Waals surface area contributed by atoms with Gasteiger partial charge in [-0.1, -0.05) is 0 Å². The first-order valence-corrected chi connectivity index (χ1v) is 4.21. The number of H-pyrrole nitrogens is 1. The van der Waals surface area contributed by atoms with Gasteiger partial charge in [-0.2, -0.15) is 5.26 Å². The van der Waals surface area contributed by atoms with Crippen molar-refractivity contribution in [2.24, 2.45) is 0 Å². The normalized spacial score (nSPS) is 10.9. The Morgan fingerprint density at radius 2 is 2.13 bits per heavy atom. The third kappa shape index (κ3) is 2.99. The first kappa shape index (κ1) is 11.6. The molecule has 1 heterocycles. The van der Waals surface area contributed by atoms with Gasteiger partial charge < -0.3 is 9.72 Å². The van der Waals surface area contributed by atoms with Gasteiger partial charge in [0.1, 0.15) is 16.4 Å². The van der Waals surface area contributed by atoms with Crippen molar-refractivity contribution in [2.45, 2.75) is 6.36 Å². The van der Waals surface area contributed by atoms with Gasteiger partial charge in [0.25, 0.3) is 0 Å². The summed E-state index contributed by atoms with van der Waals surface area (Å²) in [6.45, 7) is 0. The molecule has 0 unspecified atom stereocenters. The molecule has 0 fully saturated rings. The zero-order chi connectivity index (χ0) is 11.6. The summed E-state index contributed by atoms with van der Waals surface area (Å²) in [7, 11) is 0. The second-order valence-electron chi connectivity index (χ2n) is 2.35. The van der Waals surface area contributed by atoms with Crippen molar-refractivity contribution in [3.8, 4) is 11.8 Å². The fourth-order valence-corrected chi connectivity index (χ4v) is 1.28. The van der Waals surface area contributed by atoms with E-state index in [0.717, 1.165) is 0 Å². The molecule has 0 spiro atoms. The minimum atomic E-state index is -4.95. The third-order valence-corrected chi connectivity index (χ3v) is 1.84. The van der Waals surface area contributed by atoms with E-state index in [1.165, 1.54) is 0 Å². The van der Waals surface area contributed by atoms with Crippen LogP contribution in [0.4, 0.5) is 13.2 Å². The molecule has 80 valence electrons. The lowest BCUT2D eigenvalue weighted by molar-refractivity contribution is -0.275. The summed E-state index contributed by atoms with van der Waals surface area (Å²) < 4.78 is 38.6. The van der Waals surface area contributed by atoms with Crippen LogP contribution >= 0.6 is 15.9 Å². The van der Waals surface area contributed by atoms with Gasteiger partial charge in [0.05, 0.1) is 0 Å². The largest absolute Gasteiger partial charge is 0.573 e. The number of hydrogen-bond donors (Lipinski definition) is 1. The van der Waals surface area contributed by atoms with Gasteiger partial charge in [0, 0.05) is 6.07 Å². The summed E-state index contributed by atoms with van der Waals surface area (Å²) in [5.74, 6) is -0.929. The molecule has 8 heteroatoms. The number of nitrogens with zero attached hydrogens (tertiary/aromatic N) is 1. The second kappa shape index (κ2) is 3.94. The molecule has 1 rings (SSSR count). The summed E-state index contributed by atoms with van der Waals surface area (Å²) in [6.07, 6.45) is -4.95. The number of pyridine rings is 1. The number of alkyl halides is 3. The van der Waals surface area contributed by atoms with Crippen molar-refractivity contribution in [1.82, 2.24) is 4.98 Å². The van der Waals surface area contributed by atoms with E-state index in [0.29, 0.717) is 6.07 Å². The number of hydrogen-bond acceptors (Lipinski definition) is 3. The van der Waals surface area contributed by atoms with Crippen LogP contribution in [-0.4, -0.2) is 11.3 Å². The molecule has 0 bridgehead atoms. The van der Waals surface area contributed by atoms with Gasteiger partial charge in [0.2, 0.25) is 11.2 Å². The molecule has 1 N–H and O–H groups in total. The van der Waals surface area contributed by atoms with Crippen LogP contribution in [0.2, 0.25) is 0 Å². The van der Waals surface area contributed by atoms with E-state index in [9.17, 15) is 18.0 Å². The van der Waals surface area contributed by atoms with Crippen LogP contribution in [0.5, 0.6) is 5.75 Å². The summed E-state index contributed by atoms with van der Waals surface area (Å²) >= 11 is 2.66. The molecule has 0 saturated carbocycles. The molecule has 1 aromatic heterocycles. The standard InChI is InChI=1S/C7H2BrF3N2O2/c8-6-5(15-7(9,10)11)4(14)1-3(2-12)13-6/h1H,(H,13,14). The summed E-state index contributed by atoms with van der Waals surface area (Å²) in [5.41, 5.74) is -1.20. The maximum Gasteiger partial charge on any atom is 0.573 e. The Balaban J connectivity index is 3.22. The predicted molar refractivity (Wildman–Crippen MR) is 46.2 cm³/mol. The Bertz CT molecular complexity index is 475. The van der Waals surface area contributed by atoms with Gasteiger partial charge >= 0.3 is 6.36 Å². The molecule has 0 aliphatic heterocycles. The Kier molecular flexibility index (Phi) is 3.04. The van der Waals surface area contributed by atoms with Crippen LogP contribution < -0.4 is 10.2 Å². The van der Waals surface area contributed by atoms with E-state index in [1.54, 1.807) is 6.07 Å². The highest BCUT2D eigenvalue weighted by Crippen LogP contribution is 2.25. The highest BCUT2D eigenvalue weighted by molar-refractivity contribution is 9.10. The highest BCUT2D eigenvalue weighted by atomic mass is 79.9. The van der Waals surface area contributed by atoms with E-state index < -0.39 is 17.5 Å². The maximum atomic E-state index is 11.8. The number of rotatable bonds is 1. The molecular formula is C7H2BrF3N2O2. The van der Waals surface area contributed by atoms with Crippen LogP contribution in [0.3, 0.4) is 0 Å². The second-order valence-corrected chi connectivity index (χ2v) is 3.14. The van der Waals surface area contributed by atoms with Crippen LogP contribution in [-0.2, 0) is 0 Å². The smallest absolute Gasteiger partial charge is 0.399 e. The highest BCUT2D eigenvalue weighted by Gasteiger charge is 2.33. The van der Waals surface area contributed by atoms with Gasteiger partial charge in [-0.3, -0.25) is 4.79 Å². The van der Waals surface area contributed by atoms with Gasteiger partial charge in [0.15, 0.2) is 0 Å². The van der Waals surface area contributed by atoms with E-state index in [-0.39, 0.29) is 10.3 Å². The number of nitrogens with one attached hydrogen (secondary N) is 1. The number of aromatic amines is 1. The fourth-order valence-electron chi connectivity index (χ4n) is 0.787. The monoisotopic (exact) mass is 282 g/mol. The lowest BCUT2D eigenvalue weighted by Crippen LogP contribution is -2.22. The quantitative estimate of drug-likeness (QED) is 0.800. The van der Waals surface area contributed by atoms with Crippen molar-refractivity contribution < 1.29 is 17.9 Å². The lowest BCUT2D eigenvalue weighted by atomic mass is 10.3. The van der Waals surface area contributed by atoms with Crippen molar-refractivity contribution in [3.05, 3.63) is 26.6 Å². The van der Waals surface area contributed by atoms with E-state index in [2.05, 4.69) is 25.7 Å². The molecule has 15 heavy (non-hydrogen) atoms. The van der Waals surface area contributed by atoms with E-state index >= 15 is 0 Å². The molecule has 4 nitrogen and oxygen atoms in total. The average molecular weight is 283 g/mol. The minimum absolute atomic E-state index is 0.165. The van der Waals surface area contributed by atoms with Crippen LogP contribution in [0, 0.1) is 11.3 Å². The van der Waals surface area contributed by atoms with Crippen molar-refractivity contribution in [1.29, 1.82) is 5.26 Å². The van der Waals surface area contributed by atoms with Gasteiger partial charge in [-0.25, -0.2) is 0 Å². The molecule has 0 aromatic carbocycles. The van der Waals surface area contributed by atoms with E-state index in [1.807, 2.05) is 0 Å². The van der Waals surface area contributed by atoms with Crippen molar-refractivity contribution >= 4 is 15.9 Å². The Morgan fingerprint density at radius 3 is 2.53 bits per heavy atom. The topological polar surface area (TPSA) is 65.9 Å². The molecule has 0 aliphatic carbocycles. The molecular weight excluding hydrogens is 281 g/mol. The molecule has 0 aliphatic rings. The SMILES string of the molecule is N#Cc1cc(=O)c(OC(F)(F)F)c(Br)[nH]1. The van der Waals surface area contributed by atoms with Crippen molar-refractivity contribution in [3.63, 3.8) is 0 Å². The molecule has 0 saturated heterocycles. The first-order chi connectivity index (χ1) is 6.83. The Hall–Kier alpha value is -1.49. The molecule has 1 aromatic rings. The van der Waals surface area contributed by atoms with Gasteiger partial charge in [-0.15, -0.1) is 13.2 Å². The zero-order valence-corrected chi connectivity index (χ0v) is 8.44.